The van der Waals surface area contributed by atoms with Gasteiger partial charge in [0.15, 0.2) is 0 Å². The average Bonchev–Trinajstić information content (AvgIpc) is 2.53. The average molecular weight is 262 g/mol. The van der Waals surface area contributed by atoms with Crippen LogP contribution in [0.3, 0.4) is 0 Å². The van der Waals surface area contributed by atoms with Crippen molar-refractivity contribution >= 4 is 5.91 Å². The van der Waals surface area contributed by atoms with Crippen molar-refractivity contribution in [1.29, 1.82) is 0 Å². The predicted octanol–water partition coefficient (Wildman–Crippen LogP) is 2.21. The molecular formula is C16H26N2O. The van der Waals surface area contributed by atoms with Crippen molar-refractivity contribution in [2.75, 3.05) is 6.54 Å². The lowest BCUT2D eigenvalue weighted by molar-refractivity contribution is -0.124. The fourth-order valence-corrected chi connectivity index (χ4v) is 5.73. The van der Waals surface area contributed by atoms with Gasteiger partial charge in [-0.05, 0) is 75.5 Å². The Morgan fingerprint density at radius 2 is 1.63 bits per heavy atom. The number of carbonyl (C=O) groups excluding carboxylic acids is 1. The van der Waals surface area contributed by atoms with Crippen molar-refractivity contribution in [3.8, 4) is 0 Å². The van der Waals surface area contributed by atoms with Gasteiger partial charge in [-0.25, -0.2) is 0 Å². The molecule has 5 rings (SSSR count). The van der Waals surface area contributed by atoms with Gasteiger partial charge in [-0.2, -0.15) is 0 Å². The summed E-state index contributed by atoms with van der Waals surface area (Å²) >= 11 is 0. The Morgan fingerprint density at radius 1 is 1.00 bits per heavy atom. The second-order valence-corrected chi connectivity index (χ2v) is 7.68. The quantitative estimate of drug-likeness (QED) is 0.801. The molecule has 1 saturated heterocycles. The van der Waals surface area contributed by atoms with E-state index in [0.29, 0.717) is 5.54 Å². The lowest BCUT2D eigenvalue weighted by Gasteiger charge is -2.57. The lowest BCUT2D eigenvalue weighted by atomic mass is 9.53. The van der Waals surface area contributed by atoms with Crippen LogP contribution in [0, 0.1) is 17.8 Å². The van der Waals surface area contributed by atoms with Gasteiger partial charge < -0.3 is 10.6 Å². The summed E-state index contributed by atoms with van der Waals surface area (Å²) in [6.45, 7) is 0.873. The second-order valence-electron chi connectivity index (χ2n) is 7.68. The zero-order chi connectivity index (χ0) is 12.9. The minimum Gasteiger partial charge on any atom is -0.355 e. The Morgan fingerprint density at radius 3 is 2.26 bits per heavy atom. The predicted molar refractivity (Wildman–Crippen MR) is 74.7 cm³/mol. The summed E-state index contributed by atoms with van der Waals surface area (Å²) in [5.74, 6) is 3.11. The largest absolute Gasteiger partial charge is 0.355 e. The molecule has 4 aliphatic carbocycles. The molecule has 4 bridgehead atoms. The molecule has 1 amide bonds. The van der Waals surface area contributed by atoms with Crippen LogP contribution < -0.4 is 10.6 Å². The summed E-state index contributed by atoms with van der Waals surface area (Å²) in [4.78, 5) is 12.2. The van der Waals surface area contributed by atoms with Gasteiger partial charge in [-0.3, -0.25) is 4.79 Å². The van der Waals surface area contributed by atoms with E-state index in [1.807, 2.05) is 0 Å². The molecule has 4 saturated carbocycles. The van der Waals surface area contributed by atoms with E-state index < -0.39 is 0 Å². The van der Waals surface area contributed by atoms with Crippen molar-refractivity contribution in [3.63, 3.8) is 0 Å². The molecule has 106 valence electrons. The molecule has 5 fully saturated rings. The smallest absolute Gasteiger partial charge is 0.237 e. The Hall–Kier alpha value is -0.570. The summed E-state index contributed by atoms with van der Waals surface area (Å²) in [6.07, 6.45) is 11.8. The minimum atomic E-state index is 0.0822. The zero-order valence-electron chi connectivity index (χ0n) is 11.8. The Labute approximate surface area is 115 Å². The molecule has 0 aromatic carbocycles. The van der Waals surface area contributed by atoms with Crippen molar-refractivity contribution in [1.82, 2.24) is 10.6 Å². The summed E-state index contributed by atoms with van der Waals surface area (Å²) in [6, 6.07) is 0.0822. The molecule has 2 N–H and O–H groups in total. The first-order valence-electron chi connectivity index (χ1n) is 8.28. The molecule has 5 aliphatic rings. The van der Waals surface area contributed by atoms with Crippen molar-refractivity contribution in [2.24, 2.45) is 17.8 Å². The van der Waals surface area contributed by atoms with Crippen LogP contribution in [0.4, 0.5) is 0 Å². The van der Waals surface area contributed by atoms with Gasteiger partial charge in [0.05, 0.1) is 6.04 Å². The van der Waals surface area contributed by atoms with E-state index in [1.54, 1.807) is 0 Å². The molecule has 1 aliphatic heterocycles. The van der Waals surface area contributed by atoms with Crippen molar-refractivity contribution < 1.29 is 4.79 Å². The standard InChI is InChI=1S/C16H26N2O/c19-15-14(3-1-2-4-17-15)18-16-8-11-5-12(9-16)7-13(6-11)10-16/h11-14,18H,1-10H2,(H,17,19)/t11?,12?,13?,14-,16?/m0/s1. The van der Waals surface area contributed by atoms with E-state index in [9.17, 15) is 4.79 Å². The molecule has 0 unspecified atom stereocenters. The summed E-state index contributed by atoms with van der Waals surface area (Å²) in [5.41, 5.74) is 0.321. The Bertz CT molecular complexity index is 344. The van der Waals surface area contributed by atoms with Crippen LogP contribution in [-0.2, 0) is 4.79 Å². The minimum absolute atomic E-state index is 0.0822. The van der Waals surface area contributed by atoms with Gasteiger partial charge in [0.1, 0.15) is 0 Å². The number of amides is 1. The first-order chi connectivity index (χ1) is 9.22. The van der Waals surface area contributed by atoms with E-state index in [-0.39, 0.29) is 11.9 Å². The normalized spacial score (nSPS) is 48.9. The van der Waals surface area contributed by atoms with Gasteiger partial charge in [0.25, 0.3) is 0 Å². The summed E-state index contributed by atoms with van der Waals surface area (Å²) in [5, 5.41) is 6.92. The summed E-state index contributed by atoms with van der Waals surface area (Å²) < 4.78 is 0. The fraction of sp³-hybridized carbons (Fsp3) is 0.938. The van der Waals surface area contributed by atoms with E-state index in [0.717, 1.165) is 37.1 Å². The fourth-order valence-electron chi connectivity index (χ4n) is 5.73. The maximum Gasteiger partial charge on any atom is 0.237 e. The SMILES string of the molecule is O=C1NCCCC[C@@H]1NC12CC3CC(CC(C3)C1)C2. The van der Waals surface area contributed by atoms with Crippen LogP contribution in [0.5, 0.6) is 0 Å². The highest BCUT2D eigenvalue weighted by molar-refractivity contribution is 5.82. The van der Waals surface area contributed by atoms with E-state index >= 15 is 0 Å². The molecule has 3 heteroatoms. The van der Waals surface area contributed by atoms with E-state index in [2.05, 4.69) is 10.6 Å². The van der Waals surface area contributed by atoms with Crippen LogP contribution >= 0.6 is 0 Å². The van der Waals surface area contributed by atoms with Gasteiger partial charge in [-0.15, -0.1) is 0 Å². The summed E-state index contributed by atoms with van der Waals surface area (Å²) in [7, 11) is 0. The van der Waals surface area contributed by atoms with Crippen LogP contribution in [0.25, 0.3) is 0 Å². The lowest BCUT2D eigenvalue weighted by Crippen LogP contribution is -2.62. The number of hydrogen-bond acceptors (Lipinski definition) is 2. The molecule has 3 nitrogen and oxygen atoms in total. The second kappa shape index (κ2) is 4.47. The molecule has 1 heterocycles. The third kappa shape index (κ3) is 2.20. The Kier molecular flexibility index (Phi) is 2.87. The van der Waals surface area contributed by atoms with Gasteiger partial charge in [-0.1, -0.05) is 0 Å². The maximum absolute atomic E-state index is 12.2. The van der Waals surface area contributed by atoms with E-state index in [4.69, 9.17) is 0 Å². The highest BCUT2D eigenvalue weighted by Crippen LogP contribution is 2.55. The molecule has 0 spiro atoms. The first-order valence-corrected chi connectivity index (χ1v) is 8.28. The number of carbonyl (C=O) groups is 1. The van der Waals surface area contributed by atoms with Gasteiger partial charge in [0.2, 0.25) is 5.91 Å². The molecule has 0 radical (unpaired) electrons. The van der Waals surface area contributed by atoms with Gasteiger partial charge in [0, 0.05) is 12.1 Å². The number of hydrogen-bond donors (Lipinski definition) is 2. The van der Waals surface area contributed by atoms with E-state index in [1.165, 1.54) is 44.9 Å². The molecule has 19 heavy (non-hydrogen) atoms. The number of rotatable bonds is 2. The Balaban J connectivity index is 1.50. The molecule has 1 atom stereocenters. The van der Waals surface area contributed by atoms with Crippen molar-refractivity contribution in [2.45, 2.75) is 69.4 Å². The highest BCUT2D eigenvalue weighted by Gasteiger charge is 2.51. The maximum atomic E-state index is 12.2. The van der Waals surface area contributed by atoms with Gasteiger partial charge >= 0.3 is 0 Å². The molecule has 0 aromatic rings. The monoisotopic (exact) mass is 262 g/mol. The zero-order valence-corrected chi connectivity index (χ0v) is 11.8. The van der Waals surface area contributed by atoms with Crippen molar-refractivity contribution in [3.05, 3.63) is 0 Å². The van der Waals surface area contributed by atoms with Crippen LogP contribution in [-0.4, -0.2) is 24.0 Å². The number of nitrogens with one attached hydrogen (secondary N) is 2. The highest BCUT2D eigenvalue weighted by atomic mass is 16.2. The van der Waals surface area contributed by atoms with Crippen LogP contribution in [0.2, 0.25) is 0 Å². The third-order valence-electron chi connectivity index (χ3n) is 6.05. The third-order valence-corrected chi connectivity index (χ3v) is 6.05. The first kappa shape index (κ1) is 12.2. The topological polar surface area (TPSA) is 41.1 Å². The molecular weight excluding hydrogens is 236 g/mol. The molecule has 0 aromatic heterocycles. The van der Waals surface area contributed by atoms with Crippen LogP contribution in [0.1, 0.15) is 57.8 Å². The van der Waals surface area contributed by atoms with Crippen LogP contribution in [0.15, 0.2) is 0 Å².